The molecular weight excluding hydrogens is 350 g/mol. The van der Waals surface area contributed by atoms with Gasteiger partial charge in [0.2, 0.25) is 0 Å². The van der Waals surface area contributed by atoms with Crippen LogP contribution in [-0.2, 0) is 14.3 Å². The minimum Gasteiger partial charge on any atom is -0.384 e. The maximum atomic E-state index is 10.2. The number of carbonyl (C=O) groups is 1. The maximum Gasteiger partial charge on any atom is 0.123 e. The smallest absolute Gasteiger partial charge is 0.123 e. The van der Waals surface area contributed by atoms with Crippen LogP contribution in [0.15, 0.2) is 0 Å². The number of methoxy groups -OCH3 is 1. The van der Waals surface area contributed by atoms with Crippen LogP contribution in [0.4, 0.5) is 0 Å². The molecule has 4 heteroatoms. The van der Waals surface area contributed by atoms with E-state index in [0.29, 0.717) is 5.92 Å². The van der Waals surface area contributed by atoms with Gasteiger partial charge in [-0.1, -0.05) is 67.7 Å². The number of hydrogen-bond donors (Lipinski definition) is 0. The molecule has 0 aliphatic carbocycles. The Balaban J connectivity index is -0.000000438. The molecule has 28 heavy (non-hydrogen) atoms. The lowest BCUT2D eigenvalue weighted by Crippen LogP contribution is -2.45. The Labute approximate surface area is 177 Å². The minimum absolute atomic E-state index is 0.0929. The van der Waals surface area contributed by atoms with E-state index < -0.39 is 0 Å². The van der Waals surface area contributed by atoms with Gasteiger partial charge in [0.25, 0.3) is 0 Å². The molecule has 4 nitrogen and oxygen atoms in total. The molecule has 0 bridgehead atoms. The van der Waals surface area contributed by atoms with Crippen LogP contribution in [0.25, 0.3) is 0 Å². The Morgan fingerprint density at radius 3 is 1.86 bits per heavy atom. The average molecular weight is 404 g/mol. The van der Waals surface area contributed by atoms with Crippen LogP contribution < -0.4 is 0 Å². The summed E-state index contributed by atoms with van der Waals surface area (Å²) in [6.45, 7) is 22.6. The summed E-state index contributed by atoms with van der Waals surface area (Å²) in [6, 6.07) is 0. The highest BCUT2D eigenvalue weighted by Crippen LogP contribution is 2.18. The van der Waals surface area contributed by atoms with Crippen molar-refractivity contribution in [2.45, 2.75) is 100.0 Å². The zero-order valence-corrected chi connectivity index (χ0v) is 21.2. The molecule has 0 aromatic rings. The highest BCUT2D eigenvalue weighted by molar-refractivity contribution is 5.53. The molecule has 0 fully saturated rings. The monoisotopic (exact) mass is 403 g/mol. The fourth-order valence-electron chi connectivity index (χ4n) is 2.38. The van der Waals surface area contributed by atoms with Crippen molar-refractivity contribution in [3.05, 3.63) is 0 Å². The zero-order valence-electron chi connectivity index (χ0n) is 21.2. The second-order valence-corrected chi connectivity index (χ2v) is 9.07. The summed E-state index contributed by atoms with van der Waals surface area (Å²) >= 11 is 0. The van der Waals surface area contributed by atoms with E-state index in [9.17, 15) is 4.79 Å². The van der Waals surface area contributed by atoms with Crippen LogP contribution in [0.1, 0.15) is 94.4 Å². The lowest BCUT2D eigenvalue weighted by atomic mass is 9.96. The van der Waals surface area contributed by atoms with Crippen LogP contribution in [0.2, 0.25) is 0 Å². The van der Waals surface area contributed by atoms with Crippen LogP contribution >= 0.6 is 0 Å². The molecule has 1 unspecified atom stereocenters. The standard InChI is InChI=1S/C13H29NO2.C8H16O.C3H8/c1-8-14(6)13(4,5)11-16-10-12(2,3)9-15-7;1-3-5-6-8(4-2)7-9;1-3-2/h8-11H2,1-7H3;7-8H,3-6H2,1-2H3;3H2,1-2H3. The summed E-state index contributed by atoms with van der Waals surface area (Å²) in [5, 5.41) is 0. The summed E-state index contributed by atoms with van der Waals surface area (Å²) in [7, 11) is 3.86. The van der Waals surface area contributed by atoms with Gasteiger partial charge in [-0.15, -0.1) is 0 Å². The molecule has 1 atom stereocenters. The van der Waals surface area contributed by atoms with E-state index in [-0.39, 0.29) is 11.0 Å². The highest BCUT2D eigenvalue weighted by atomic mass is 16.5. The fourth-order valence-corrected chi connectivity index (χ4v) is 2.38. The van der Waals surface area contributed by atoms with Crippen molar-refractivity contribution >= 4 is 6.29 Å². The Morgan fingerprint density at radius 1 is 0.964 bits per heavy atom. The SMILES string of the molecule is CCC.CCCCC(C=O)CC.CCN(C)C(C)(C)COCC(C)(C)COC. The lowest BCUT2D eigenvalue weighted by molar-refractivity contribution is -0.111. The second-order valence-electron chi connectivity index (χ2n) is 9.07. The molecule has 0 heterocycles. The fraction of sp³-hybridized carbons (Fsp3) is 0.958. The van der Waals surface area contributed by atoms with Gasteiger partial charge in [0.15, 0.2) is 0 Å². The van der Waals surface area contributed by atoms with E-state index in [1.165, 1.54) is 19.3 Å². The number of aldehydes is 1. The van der Waals surface area contributed by atoms with Crippen LogP contribution in [-0.4, -0.2) is 57.2 Å². The topological polar surface area (TPSA) is 38.8 Å². The largest absolute Gasteiger partial charge is 0.384 e. The van der Waals surface area contributed by atoms with Crippen LogP contribution in [0.5, 0.6) is 0 Å². The first-order chi connectivity index (χ1) is 13.0. The molecule has 0 saturated heterocycles. The zero-order chi connectivity index (χ0) is 22.6. The summed E-state index contributed by atoms with van der Waals surface area (Å²) in [5.41, 5.74) is 0.188. The number of likely N-dealkylation sites (N-methyl/N-ethyl adjacent to an activating group) is 1. The third-order valence-corrected chi connectivity index (χ3v) is 4.64. The molecular formula is C24H53NO3. The van der Waals surface area contributed by atoms with Crippen molar-refractivity contribution in [3.63, 3.8) is 0 Å². The van der Waals surface area contributed by atoms with E-state index in [1.807, 2.05) is 0 Å². The van der Waals surface area contributed by atoms with E-state index >= 15 is 0 Å². The molecule has 0 spiro atoms. The van der Waals surface area contributed by atoms with Gasteiger partial charge in [-0.05, 0) is 40.3 Å². The predicted octanol–water partition coefficient (Wildman–Crippen LogP) is 6.22. The van der Waals surface area contributed by atoms with Gasteiger partial charge in [0, 0.05) is 24.0 Å². The van der Waals surface area contributed by atoms with Crippen LogP contribution in [0.3, 0.4) is 0 Å². The highest BCUT2D eigenvalue weighted by Gasteiger charge is 2.25. The number of carbonyl (C=O) groups excluding carboxylic acids is 1. The number of ether oxygens (including phenoxy) is 2. The molecule has 0 rings (SSSR count). The average Bonchev–Trinajstić information content (AvgIpc) is 2.62. The molecule has 0 aromatic heterocycles. The number of hydrogen-bond acceptors (Lipinski definition) is 4. The van der Waals surface area contributed by atoms with Gasteiger partial charge in [0.05, 0.1) is 19.8 Å². The van der Waals surface area contributed by atoms with E-state index in [2.05, 4.69) is 74.3 Å². The number of nitrogens with zero attached hydrogens (tertiary/aromatic N) is 1. The van der Waals surface area contributed by atoms with Gasteiger partial charge in [-0.2, -0.15) is 0 Å². The van der Waals surface area contributed by atoms with Crippen molar-refractivity contribution in [3.8, 4) is 0 Å². The molecule has 0 aliphatic rings. The quantitative estimate of drug-likeness (QED) is 0.342. The molecule has 0 saturated carbocycles. The second kappa shape index (κ2) is 19.8. The third kappa shape index (κ3) is 20.3. The van der Waals surface area contributed by atoms with Gasteiger partial charge in [0.1, 0.15) is 6.29 Å². The molecule has 172 valence electrons. The number of unbranched alkanes of at least 4 members (excludes halogenated alkanes) is 1. The predicted molar refractivity (Wildman–Crippen MR) is 124 cm³/mol. The summed E-state index contributed by atoms with van der Waals surface area (Å²) in [5.74, 6) is 0.324. The Hall–Kier alpha value is -0.450. The van der Waals surface area contributed by atoms with Gasteiger partial charge >= 0.3 is 0 Å². The molecule has 0 amide bonds. The summed E-state index contributed by atoms with van der Waals surface area (Å²) in [4.78, 5) is 12.5. The summed E-state index contributed by atoms with van der Waals surface area (Å²) < 4.78 is 11.0. The van der Waals surface area contributed by atoms with Crippen molar-refractivity contribution in [1.82, 2.24) is 4.90 Å². The van der Waals surface area contributed by atoms with Gasteiger partial charge in [-0.25, -0.2) is 0 Å². The van der Waals surface area contributed by atoms with E-state index in [0.717, 1.165) is 45.5 Å². The van der Waals surface area contributed by atoms with Crippen molar-refractivity contribution < 1.29 is 14.3 Å². The van der Waals surface area contributed by atoms with E-state index in [1.54, 1.807) is 7.11 Å². The Kier molecular flexibility index (Phi) is 22.8. The van der Waals surface area contributed by atoms with Gasteiger partial charge < -0.3 is 14.3 Å². The number of rotatable bonds is 13. The molecule has 0 N–H and O–H groups in total. The molecule has 0 aliphatic heterocycles. The Bertz CT molecular complexity index is 330. The lowest BCUT2D eigenvalue weighted by Gasteiger charge is -2.35. The normalized spacial score (nSPS) is 12.6. The molecule has 0 radical (unpaired) electrons. The minimum atomic E-state index is 0.0929. The first kappa shape index (κ1) is 32.2. The summed E-state index contributed by atoms with van der Waals surface area (Å²) in [6.07, 6.45) is 6.80. The van der Waals surface area contributed by atoms with Crippen molar-refractivity contribution in [2.24, 2.45) is 11.3 Å². The third-order valence-electron chi connectivity index (χ3n) is 4.64. The first-order valence-corrected chi connectivity index (χ1v) is 11.2. The van der Waals surface area contributed by atoms with Crippen LogP contribution in [0, 0.1) is 11.3 Å². The van der Waals surface area contributed by atoms with Gasteiger partial charge in [-0.3, -0.25) is 4.90 Å². The Morgan fingerprint density at radius 2 is 1.50 bits per heavy atom. The molecule has 0 aromatic carbocycles. The maximum absolute atomic E-state index is 10.2. The van der Waals surface area contributed by atoms with Crippen molar-refractivity contribution in [1.29, 1.82) is 0 Å². The van der Waals surface area contributed by atoms with Crippen molar-refractivity contribution in [2.75, 3.05) is 40.5 Å². The van der Waals surface area contributed by atoms with E-state index in [4.69, 9.17) is 9.47 Å². The first-order valence-electron chi connectivity index (χ1n) is 11.2.